The summed E-state index contributed by atoms with van der Waals surface area (Å²) in [5, 5.41) is 15.0. The Balaban J connectivity index is 1.68. The maximum atomic E-state index is 13.4. The zero-order valence-electron chi connectivity index (χ0n) is 16.8. The van der Waals surface area contributed by atoms with Crippen LogP contribution in [-0.2, 0) is 4.79 Å². The Bertz CT molecular complexity index is 772. The predicted octanol–water partition coefficient (Wildman–Crippen LogP) is 2.06. The third-order valence-electron chi connectivity index (χ3n) is 6.18. The molecular weight excluding hydrogens is 376 g/mol. The SMILES string of the molecule is CCN1CCN([C@H](C(=O)NC2CCCC2)c2cc3c(cc2[N+](=O)[O-])OCO3)CC1. The Morgan fingerprint density at radius 1 is 1.21 bits per heavy atom. The Morgan fingerprint density at radius 2 is 1.86 bits per heavy atom. The van der Waals surface area contributed by atoms with E-state index in [1.54, 1.807) is 6.07 Å². The smallest absolute Gasteiger partial charge is 0.278 e. The number of carbonyl (C=O) groups is 1. The summed E-state index contributed by atoms with van der Waals surface area (Å²) in [6.07, 6.45) is 4.14. The molecule has 1 atom stereocenters. The van der Waals surface area contributed by atoms with Crippen LogP contribution in [0.1, 0.15) is 44.2 Å². The van der Waals surface area contributed by atoms with Crippen LogP contribution in [0.4, 0.5) is 5.69 Å². The van der Waals surface area contributed by atoms with Crippen LogP contribution >= 0.6 is 0 Å². The van der Waals surface area contributed by atoms with Crippen LogP contribution in [0.25, 0.3) is 0 Å². The number of nitro benzene ring substituents is 1. The minimum atomic E-state index is -0.718. The molecule has 1 saturated heterocycles. The van der Waals surface area contributed by atoms with Crippen LogP contribution in [0, 0.1) is 10.1 Å². The Morgan fingerprint density at radius 3 is 2.48 bits per heavy atom. The summed E-state index contributed by atoms with van der Waals surface area (Å²) in [4.78, 5) is 29.1. The fourth-order valence-corrected chi connectivity index (χ4v) is 4.52. The average Bonchev–Trinajstić information content (AvgIpc) is 3.39. The largest absolute Gasteiger partial charge is 0.454 e. The molecule has 0 radical (unpaired) electrons. The molecule has 0 aromatic heterocycles. The first kappa shape index (κ1) is 19.9. The van der Waals surface area contributed by atoms with Gasteiger partial charge < -0.3 is 19.7 Å². The number of hydrogen-bond acceptors (Lipinski definition) is 7. The number of nitro groups is 1. The molecule has 158 valence electrons. The molecule has 1 amide bonds. The van der Waals surface area contributed by atoms with E-state index in [1.165, 1.54) is 6.07 Å². The van der Waals surface area contributed by atoms with Crippen molar-refractivity contribution < 1.29 is 19.2 Å². The van der Waals surface area contributed by atoms with E-state index in [4.69, 9.17) is 9.47 Å². The predicted molar refractivity (Wildman–Crippen MR) is 106 cm³/mol. The number of ether oxygens (including phenoxy) is 2. The number of nitrogens with one attached hydrogen (secondary N) is 1. The van der Waals surface area contributed by atoms with Gasteiger partial charge >= 0.3 is 0 Å². The highest BCUT2D eigenvalue weighted by Crippen LogP contribution is 2.42. The van der Waals surface area contributed by atoms with Crippen molar-refractivity contribution in [2.75, 3.05) is 39.5 Å². The summed E-state index contributed by atoms with van der Waals surface area (Å²) < 4.78 is 10.8. The second-order valence-corrected chi connectivity index (χ2v) is 7.88. The van der Waals surface area contributed by atoms with E-state index in [1.807, 2.05) is 0 Å². The lowest BCUT2D eigenvalue weighted by Gasteiger charge is -2.38. The van der Waals surface area contributed by atoms with Crippen LogP contribution in [-0.4, -0.2) is 66.2 Å². The molecular formula is C20H28N4O5. The number of rotatable bonds is 6. The highest BCUT2D eigenvalue weighted by molar-refractivity contribution is 5.85. The lowest BCUT2D eigenvalue weighted by atomic mass is 9.99. The van der Waals surface area contributed by atoms with Gasteiger partial charge in [0.15, 0.2) is 11.5 Å². The highest BCUT2D eigenvalue weighted by atomic mass is 16.7. The van der Waals surface area contributed by atoms with Crippen LogP contribution in [0.3, 0.4) is 0 Å². The molecule has 4 rings (SSSR count). The van der Waals surface area contributed by atoms with E-state index in [0.717, 1.165) is 45.3 Å². The second kappa shape index (κ2) is 8.54. The number of nitrogens with zero attached hydrogens (tertiary/aromatic N) is 3. The van der Waals surface area contributed by atoms with Gasteiger partial charge in [0.1, 0.15) is 6.04 Å². The Labute approximate surface area is 170 Å². The molecule has 0 bridgehead atoms. The molecule has 0 spiro atoms. The van der Waals surface area contributed by atoms with Gasteiger partial charge in [-0.1, -0.05) is 19.8 Å². The number of carbonyl (C=O) groups excluding carboxylic acids is 1. The average molecular weight is 404 g/mol. The minimum Gasteiger partial charge on any atom is -0.454 e. The lowest BCUT2D eigenvalue weighted by molar-refractivity contribution is -0.386. The summed E-state index contributed by atoms with van der Waals surface area (Å²) in [5.41, 5.74) is 0.276. The van der Waals surface area contributed by atoms with Crippen LogP contribution in [0.2, 0.25) is 0 Å². The maximum absolute atomic E-state index is 13.4. The van der Waals surface area contributed by atoms with Gasteiger partial charge in [0, 0.05) is 32.2 Å². The molecule has 1 aromatic rings. The molecule has 3 aliphatic rings. The van der Waals surface area contributed by atoms with E-state index in [-0.39, 0.29) is 24.4 Å². The molecule has 2 heterocycles. The first-order chi connectivity index (χ1) is 14.1. The van der Waals surface area contributed by atoms with E-state index in [0.29, 0.717) is 30.2 Å². The minimum absolute atomic E-state index is 0.0318. The van der Waals surface area contributed by atoms with E-state index in [9.17, 15) is 14.9 Å². The molecule has 2 fully saturated rings. The zero-order valence-corrected chi connectivity index (χ0v) is 16.8. The number of benzene rings is 1. The molecule has 29 heavy (non-hydrogen) atoms. The number of hydrogen-bond donors (Lipinski definition) is 1. The van der Waals surface area contributed by atoms with E-state index in [2.05, 4.69) is 22.0 Å². The van der Waals surface area contributed by atoms with Gasteiger partial charge in [-0.2, -0.15) is 0 Å². The number of likely N-dealkylation sites (N-methyl/N-ethyl adjacent to an activating group) is 1. The van der Waals surface area contributed by atoms with Gasteiger partial charge in [-0.15, -0.1) is 0 Å². The third-order valence-corrected chi connectivity index (χ3v) is 6.18. The van der Waals surface area contributed by atoms with Crippen molar-refractivity contribution in [3.8, 4) is 11.5 Å². The number of fused-ring (bicyclic) bond motifs is 1. The Hall–Kier alpha value is -2.39. The summed E-state index contributed by atoms with van der Waals surface area (Å²) in [5.74, 6) is 0.645. The summed E-state index contributed by atoms with van der Waals surface area (Å²) in [6, 6.07) is 2.43. The molecule has 1 aromatic carbocycles. The third kappa shape index (κ3) is 4.16. The normalized spacial score (nSPS) is 21.3. The van der Waals surface area contributed by atoms with Crippen molar-refractivity contribution in [1.29, 1.82) is 0 Å². The molecule has 9 heteroatoms. The van der Waals surface area contributed by atoms with Crippen molar-refractivity contribution in [1.82, 2.24) is 15.1 Å². The first-order valence-electron chi connectivity index (χ1n) is 10.4. The van der Waals surface area contributed by atoms with Gasteiger partial charge in [-0.25, -0.2) is 0 Å². The van der Waals surface area contributed by atoms with Crippen molar-refractivity contribution in [3.05, 3.63) is 27.8 Å². The van der Waals surface area contributed by atoms with Crippen molar-refractivity contribution in [2.45, 2.75) is 44.7 Å². The number of piperazine rings is 1. The molecule has 2 aliphatic heterocycles. The summed E-state index contributed by atoms with van der Waals surface area (Å²) in [7, 11) is 0. The quantitative estimate of drug-likeness (QED) is 0.572. The maximum Gasteiger partial charge on any atom is 0.278 e. The van der Waals surface area contributed by atoms with Crippen LogP contribution in [0.15, 0.2) is 12.1 Å². The lowest BCUT2D eigenvalue weighted by Crippen LogP contribution is -2.51. The van der Waals surface area contributed by atoms with Crippen LogP contribution in [0.5, 0.6) is 11.5 Å². The summed E-state index contributed by atoms with van der Waals surface area (Å²) in [6.45, 7) is 6.14. The standard InChI is InChI=1S/C20H28N4O5/c1-2-22-7-9-23(10-8-22)19(20(25)21-14-5-3-4-6-14)15-11-17-18(29-13-28-17)12-16(15)24(26)27/h11-12,14,19H,2-10,13H2,1H3,(H,21,25)/t19-/m0/s1. The molecule has 1 N–H and O–H groups in total. The molecule has 1 saturated carbocycles. The van der Waals surface area contributed by atoms with Crippen LogP contribution < -0.4 is 14.8 Å². The fourth-order valence-electron chi connectivity index (χ4n) is 4.52. The Kier molecular flexibility index (Phi) is 5.86. The monoisotopic (exact) mass is 404 g/mol. The molecule has 0 unspecified atom stereocenters. The van der Waals surface area contributed by atoms with Gasteiger partial charge in [0.2, 0.25) is 12.7 Å². The topological polar surface area (TPSA) is 97.2 Å². The molecule has 9 nitrogen and oxygen atoms in total. The highest BCUT2D eigenvalue weighted by Gasteiger charge is 2.37. The van der Waals surface area contributed by atoms with Gasteiger partial charge in [-0.3, -0.25) is 19.8 Å². The van der Waals surface area contributed by atoms with Crippen molar-refractivity contribution in [2.24, 2.45) is 0 Å². The summed E-state index contributed by atoms with van der Waals surface area (Å²) >= 11 is 0. The van der Waals surface area contributed by atoms with E-state index < -0.39 is 11.0 Å². The zero-order chi connectivity index (χ0) is 20.4. The van der Waals surface area contributed by atoms with E-state index >= 15 is 0 Å². The van der Waals surface area contributed by atoms with Crippen molar-refractivity contribution in [3.63, 3.8) is 0 Å². The number of amides is 1. The second-order valence-electron chi connectivity index (χ2n) is 7.88. The molecule has 1 aliphatic carbocycles. The van der Waals surface area contributed by atoms with Gasteiger partial charge in [-0.05, 0) is 25.5 Å². The first-order valence-corrected chi connectivity index (χ1v) is 10.4. The fraction of sp³-hybridized carbons (Fsp3) is 0.650. The van der Waals surface area contributed by atoms with Crippen molar-refractivity contribution >= 4 is 11.6 Å². The van der Waals surface area contributed by atoms with Gasteiger partial charge in [0.05, 0.1) is 16.6 Å². The van der Waals surface area contributed by atoms with Gasteiger partial charge in [0.25, 0.3) is 5.69 Å².